The Morgan fingerprint density at radius 2 is 1.17 bits per heavy atom. The molecule has 0 amide bonds. The highest BCUT2D eigenvalue weighted by atomic mass is 32.1. The van der Waals surface area contributed by atoms with Gasteiger partial charge in [0.15, 0.2) is 6.20 Å². The molecular formula is C29H50NO4S+. The van der Waals surface area contributed by atoms with E-state index in [0.29, 0.717) is 18.4 Å². The smallest absolute Gasteiger partial charge is 0.306 e. The summed E-state index contributed by atoms with van der Waals surface area (Å²) in [6.07, 6.45) is 22.5. The van der Waals surface area contributed by atoms with Crippen LogP contribution in [-0.4, -0.2) is 25.2 Å². The number of nitrogens with zero attached hydrogens (tertiary/aromatic N) is 1. The highest BCUT2D eigenvalue weighted by Crippen LogP contribution is 2.13. The number of hydrogen-bond acceptors (Lipinski definition) is 5. The molecule has 6 heteroatoms. The first-order chi connectivity index (χ1) is 17.1. The zero-order valence-electron chi connectivity index (χ0n) is 22.3. The Bertz CT molecular complexity index is 660. The number of carbonyl (C=O) groups excluding carboxylic acids is 2. The highest BCUT2D eigenvalue weighted by molar-refractivity contribution is 7.07. The third kappa shape index (κ3) is 20.2. The lowest BCUT2D eigenvalue weighted by atomic mass is 10.0. The van der Waals surface area contributed by atoms with Gasteiger partial charge in [0.2, 0.25) is 5.51 Å². The lowest BCUT2D eigenvalue weighted by Gasteiger charge is -2.09. The van der Waals surface area contributed by atoms with Crippen LogP contribution in [0.5, 0.6) is 0 Å². The Hall–Kier alpha value is -1.69. The van der Waals surface area contributed by atoms with Crippen LogP contribution in [0.1, 0.15) is 122 Å². The standard InChI is InChI=1S/C29H50NO4S/c1-3-4-5-6-7-8-9-10-11-12-13-14-16-19-28(31)33-24-27(2)25-34-29(32)20-17-15-18-21-30-22-23-35-26-30/h22-23,26H,2-21,24-25H2,1H3/q+1. The molecule has 0 radical (unpaired) electrons. The quantitative estimate of drug-likeness (QED) is 0.0621. The number of aryl methyl sites for hydroxylation is 1. The van der Waals surface area contributed by atoms with Gasteiger partial charge in [0.1, 0.15) is 19.8 Å². The van der Waals surface area contributed by atoms with E-state index in [4.69, 9.17) is 9.47 Å². The van der Waals surface area contributed by atoms with Crippen LogP contribution >= 0.6 is 11.3 Å². The number of ether oxygens (including phenoxy) is 2. The van der Waals surface area contributed by atoms with E-state index in [1.54, 1.807) is 11.3 Å². The summed E-state index contributed by atoms with van der Waals surface area (Å²) < 4.78 is 12.7. The van der Waals surface area contributed by atoms with Crippen molar-refractivity contribution in [3.05, 3.63) is 29.2 Å². The molecule has 0 bridgehead atoms. The summed E-state index contributed by atoms with van der Waals surface area (Å²) in [7, 11) is 0. The number of unbranched alkanes of at least 4 members (excludes halogenated alkanes) is 14. The molecule has 0 aliphatic heterocycles. The molecule has 1 rings (SSSR count). The molecular weight excluding hydrogens is 458 g/mol. The van der Waals surface area contributed by atoms with Crippen molar-refractivity contribution in [2.75, 3.05) is 13.2 Å². The molecule has 200 valence electrons. The predicted molar refractivity (Wildman–Crippen MR) is 144 cm³/mol. The molecule has 0 saturated carbocycles. The number of thiazole rings is 1. The molecule has 0 atom stereocenters. The molecule has 0 saturated heterocycles. The molecule has 0 aromatic carbocycles. The first-order valence-electron chi connectivity index (χ1n) is 14.0. The fourth-order valence-corrected chi connectivity index (χ4v) is 4.60. The molecule has 0 spiro atoms. The summed E-state index contributed by atoms with van der Waals surface area (Å²) in [4.78, 5) is 23.8. The van der Waals surface area contributed by atoms with E-state index >= 15 is 0 Å². The summed E-state index contributed by atoms with van der Waals surface area (Å²) in [5.41, 5.74) is 2.71. The summed E-state index contributed by atoms with van der Waals surface area (Å²) in [6.45, 7) is 7.35. The molecule has 5 nitrogen and oxygen atoms in total. The molecule has 0 unspecified atom stereocenters. The maximum Gasteiger partial charge on any atom is 0.306 e. The van der Waals surface area contributed by atoms with Crippen LogP contribution in [0.15, 0.2) is 29.2 Å². The molecule has 0 aliphatic rings. The second-order valence-electron chi connectivity index (χ2n) is 9.64. The number of hydrogen-bond donors (Lipinski definition) is 0. The van der Waals surface area contributed by atoms with Crippen LogP contribution in [0.3, 0.4) is 0 Å². The van der Waals surface area contributed by atoms with Gasteiger partial charge in [-0.2, -0.15) is 4.57 Å². The predicted octanol–water partition coefficient (Wildman–Crippen LogP) is 7.72. The van der Waals surface area contributed by atoms with Crippen molar-refractivity contribution in [1.29, 1.82) is 0 Å². The van der Waals surface area contributed by atoms with Crippen LogP contribution in [0.4, 0.5) is 0 Å². The van der Waals surface area contributed by atoms with Gasteiger partial charge in [-0.1, -0.05) is 102 Å². The first-order valence-corrected chi connectivity index (χ1v) is 14.9. The third-order valence-electron chi connectivity index (χ3n) is 6.18. The molecule has 1 aromatic heterocycles. The van der Waals surface area contributed by atoms with Gasteiger partial charge in [0, 0.05) is 19.3 Å². The van der Waals surface area contributed by atoms with Crippen LogP contribution in [0.2, 0.25) is 0 Å². The van der Waals surface area contributed by atoms with Crippen LogP contribution in [0.25, 0.3) is 0 Å². The van der Waals surface area contributed by atoms with Crippen molar-refractivity contribution in [2.45, 2.75) is 129 Å². The number of rotatable bonds is 24. The van der Waals surface area contributed by atoms with Crippen molar-refractivity contribution in [1.82, 2.24) is 0 Å². The van der Waals surface area contributed by atoms with Gasteiger partial charge in [0.05, 0.1) is 5.38 Å². The zero-order valence-corrected chi connectivity index (χ0v) is 23.1. The second kappa shape index (κ2) is 22.8. The molecule has 35 heavy (non-hydrogen) atoms. The van der Waals surface area contributed by atoms with E-state index < -0.39 is 0 Å². The molecule has 1 heterocycles. The van der Waals surface area contributed by atoms with Gasteiger partial charge in [-0.15, -0.1) is 0 Å². The normalized spacial score (nSPS) is 10.9. The fourth-order valence-electron chi connectivity index (χ4n) is 3.97. The van der Waals surface area contributed by atoms with Crippen molar-refractivity contribution in [3.8, 4) is 0 Å². The number of carbonyl (C=O) groups is 2. The Morgan fingerprint density at radius 1 is 0.714 bits per heavy atom. The summed E-state index contributed by atoms with van der Waals surface area (Å²) in [6, 6.07) is 0. The minimum absolute atomic E-state index is 0.121. The minimum Gasteiger partial charge on any atom is -0.461 e. The van der Waals surface area contributed by atoms with Crippen molar-refractivity contribution < 1.29 is 23.6 Å². The van der Waals surface area contributed by atoms with Crippen LogP contribution in [0, 0.1) is 0 Å². The second-order valence-corrected chi connectivity index (χ2v) is 10.4. The third-order valence-corrected chi connectivity index (χ3v) is 6.85. The average molecular weight is 509 g/mol. The average Bonchev–Trinajstić information content (AvgIpc) is 3.37. The van der Waals surface area contributed by atoms with Gasteiger partial charge in [-0.25, -0.2) is 0 Å². The summed E-state index contributed by atoms with van der Waals surface area (Å²) in [5, 5.41) is 2.06. The van der Waals surface area contributed by atoms with E-state index in [1.165, 1.54) is 70.6 Å². The van der Waals surface area contributed by atoms with Gasteiger partial charge in [-0.3, -0.25) is 9.59 Å². The van der Waals surface area contributed by atoms with Crippen molar-refractivity contribution >= 4 is 23.3 Å². The SMILES string of the molecule is C=C(COC(=O)CCCCCCCCCCCCCCC)COC(=O)CCCCC[n+]1ccsc1. The Labute approximate surface area is 218 Å². The van der Waals surface area contributed by atoms with Crippen LogP contribution < -0.4 is 4.57 Å². The van der Waals surface area contributed by atoms with Gasteiger partial charge in [-0.05, 0) is 24.8 Å². The number of aromatic nitrogens is 1. The molecule has 0 N–H and O–H groups in total. The van der Waals surface area contributed by atoms with Crippen molar-refractivity contribution in [3.63, 3.8) is 0 Å². The number of esters is 2. The highest BCUT2D eigenvalue weighted by Gasteiger charge is 2.08. The van der Waals surface area contributed by atoms with Gasteiger partial charge < -0.3 is 9.47 Å². The lowest BCUT2D eigenvalue weighted by Crippen LogP contribution is -2.29. The lowest BCUT2D eigenvalue weighted by molar-refractivity contribution is -0.692. The van der Waals surface area contributed by atoms with Crippen LogP contribution in [-0.2, 0) is 25.6 Å². The fraction of sp³-hybridized carbons (Fsp3) is 0.759. The topological polar surface area (TPSA) is 56.5 Å². The maximum atomic E-state index is 11.9. The molecule has 0 fully saturated rings. The van der Waals surface area contributed by atoms with Gasteiger partial charge in [0.25, 0.3) is 0 Å². The summed E-state index contributed by atoms with van der Waals surface area (Å²) >= 11 is 1.68. The van der Waals surface area contributed by atoms with Gasteiger partial charge >= 0.3 is 11.9 Å². The first kappa shape index (κ1) is 31.3. The van der Waals surface area contributed by atoms with Crippen molar-refractivity contribution in [2.24, 2.45) is 0 Å². The Kier molecular flexibility index (Phi) is 20.4. The molecule has 1 aromatic rings. The maximum absolute atomic E-state index is 11.9. The molecule has 0 aliphatic carbocycles. The zero-order chi connectivity index (χ0) is 25.4. The Morgan fingerprint density at radius 3 is 1.63 bits per heavy atom. The van der Waals surface area contributed by atoms with E-state index in [1.807, 2.05) is 0 Å². The van der Waals surface area contributed by atoms with E-state index in [0.717, 1.165) is 38.6 Å². The minimum atomic E-state index is -0.215. The largest absolute Gasteiger partial charge is 0.461 e. The summed E-state index contributed by atoms with van der Waals surface area (Å²) in [5.74, 6) is -0.406. The van der Waals surface area contributed by atoms with E-state index in [9.17, 15) is 9.59 Å². The monoisotopic (exact) mass is 508 g/mol. The Balaban J connectivity index is 1.84. The van der Waals surface area contributed by atoms with E-state index in [2.05, 4.69) is 35.2 Å². The van der Waals surface area contributed by atoms with E-state index in [-0.39, 0.29) is 25.2 Å².